The number of fused-ring (bicyclic) bond motifs is 1. The van der Waals surface area contributed by atoms with Crippen molar-refractivity contribution in [3.63, 3.8) is 0 Å². The summed E-state index contributed by atoms with van der Waals surface area (Å²) in [5.74, 6) is 0.0752. The zero-order chi connectivity index (χ0) is 6.27. The van der Waals surface area contributed by atoms with Crippen LogP contribution in [-0.4, -0.2) is 5.91 Å². The van der Waals surface area contributed by atoms with Crippen LogP contribution in [0.15, 0.2) is 10.8 Å². The molecule has 9 heavy (non-hydrogen) atoms. The lowest BCUT2D eigenvalue weighted by Crippen LogP contribution is -2.12. The van der Waals surface area contributed by atoms with E-state index in [-0.39, 0.29) is 5.91 Å². The molecular formula is C6H5NOS. The van der Waals surface area contributed by atoms with Crippen molar-refractivity contribution in [2.75, 3.05) is 0 Å². The van der Waals surface area contributed by atoms with E-state index in [0.717, 1.165) is 17.7 Å². The first kappa shape index (κ1) is 4.99. The van der Waals surface area contributed by atoms with Crippen LogP contribution in [0.2, 0.25) is 0 Å². The minimum absolute atomic E-state index is 0.0752. The fourth-order valence-corrected chi connectivity index (χ4v) is 1.77. The summed E-state index contributed by atoms with van der Waals surface area (Å²) in [6.45, 7) is 0.720. The Morgan fingerprint density at radius 3 is 3.22 bits per heavy atom. The first-order valence-electron chi connectivity index (χ1n) is 2.71. The summed E-state index contributed by atoms with van der Waals surface area (Å²) in [5.41, 5.74) is 2.00. The van der Waals surface area contributed by atoms with E-state index in [1.807, 2.05) is 10.8 Å². The SMILES string of the molecule is O=C1NCc2cscc21. The Morgan fingerprint density at radius 1 is 1.56 bits per heavy atom. The van der Waals surface area contributed by atoms with Gasteiger partial charge in [-0.1, -0.05) is 0 Å². The Kier molecular flexibility index (Phi) is 0.873. The topological polar surface area (TPSA) is 29.1 Å². The molecule has 2 rings (SSSR count). The van der Waals surface area contributed by atoms with E-state index in [0.29, 0.717) is 0 Å². The molecule has 1 aromatic rings. The highest BCUT2D eigenvalue weighted by atomic mass is 32.1. The van der Waals surface area contributed by atoms with Crippen molar-refractivity contribution in [3.8, 4) is 0 Å². The van der Waals surface area contributed by atoms with Crippen LogP contribution in [0.5, 0.6) is 0 Å². The Bertz CT molecular complexity index is 253. The molecule has 3 heteroatoms. The maximum Gasteiger partial charge on any atom is 0.252 e. The normalized spacial score (nSPS) is 15.3. The molecule has 0 saturated heterocycles. The van der Waals surface area contributed by atoms with Gasteiger partial charge >= 0.3 is 0 Å². The van der Waals surface area contributed by atoms with Crippen molar-refractivity contribution in [1.29, 1.82) is 0 Å². The van der Waals surface area contributed by atoms with Crippen molar-refractivity contribution in [2.45, 2.75) is 6.54 Å². The molecule has 0 saturated carbocycles. The van der Waals surface area contributed by atoms with E-state index >= 15 is 0 Å². The molecule has 0 spiro atoms. The molecule has 1 aliphatic rings. The van der Waals surface area contributed by atoms with Crippen LogP contribution in [0.4, 0.5) is 0 Å². The van der Waals surface area contributed by atoms with Crippen LogP contribution in [0.25, 0.3) is 0 Å². The molecule has 0 radical (unpaired) electrons. The monoisotopic (exact) mass is 139 g/mol. The molecular weight excluding hydrogens is 134 g/mol. The highest BCUT2D eigenvalue weighted by Gasteiger charge is 2.18. The Balaban J connectivity index is 2.61. The number of thiophene rings is 1. The van der Waals surface area contributed by atoms with Crippen molar-refractivity contribution < 1.29 is 4.79 Å². The number of rotatable bonds is 0. The summed E-state index contributed by atoms with van der Waals surface area (Å²) < 4.78 is 0. The number of hydrogen-bond acceptors (Lipinski definition) is 2. The highest BCUT2D eigenvalue weighted by molar-refractivity contribution is 7.08. The third-order valence-corrected chi connectivity index (χ3v) is 2.22. The second kappa shape index (κ2) is 1.57. The van der Waals surface area contributed by atoms with Gasteiger partial charge in [-0.05, 0) is 10.9 Å². The van der Waals surface area contributed by atoms with E-state index < -0.39 is 0 Å². The second-order valence-electron chi connectivity index (χ2n) is 1.99. The summed E-state index contributed by atoms with van der Waals surface area (Å²) in [5, 5.41) is 6.63. The van der Waals surface area contributed by atoms with Gasteiger partial charge in [-0.15, -0.1) is 0 Å². The van der Waals surface area contributed by atoms with Crippen LogP contribution in [0, 0.1) is 0 Å². The van der Waals surface area contributed by atoms with Crippen LogP contribution >= 0.6 is 11.3 Å². The number of hydrogen-bond donors (Lipinski definition) is 1. The fraction of sp³-hybridized carbons (Fsp3) is 0.167. The molecule has 0 aromatic carbocycles. The van der Waals surface area contributed by atoms with Gasteiger partial charge in [-0.2, -0.15) is 11.3 Å². The molecule has 2 heterocycles. The molecule has 0 fully saturated rings. The number of nitrogens with one attached hydrogen (secondary N) is 1. The van der Waals surface area contributed by atoms with Gasteiger partial charge in [0.25, 0.3) is 5.91 Å². The maximum absolute atomic E-state index is 10.8. The standard InChI is InChI=1S/C6H5NOS/c8-6-5-3-9-2-4(5)1-7-6/h2-3H,1H2,(H,7,8). The van der Waals surface area contributed by atoms with Gasteiger partial charge in [0.1, 0.15) is 0 Å². The van der Waals surface area contributed by atoms with Gasteiger partial charge in [0.15, 0.2) is 0 Å². The van der Waals surface area contributed by atoms with Gasteiger partial charge in [-0.3, -0.25) is 4.79 Å². The Hall–Kier alpha value is -0.830. The maximum atomic E-state index is 10.8. The zero-order valence-corrected chi connectivity index (χ0v) is 5.49. The zero-order valence-electron chi connectivity index (χ0n) is 4.68. The summed E-state index contributed by atoms with van der Waals surface area (Å²) in [4.78, 5) is 10.8. The summed E-state index contributed by atoms with van der Waals surface area (Å²) in [6, 6.07) is 0. The summed E-state index contributed by atoms with van der Waals surface area (Å²) >= 11 is 1.58. The van der Waals surface area contributed by atoms with Crippen molar-refractivity contribution in [3.05, 3.63) is 21.9 Å². The third-order valence-electron chi connectivity index (χ3n) is 1.43. The molecule has 2 nitrogen and oxygen atoms in total. The number of carbonyl (C=O) groups excluding carboxylic acids is 1. The van der Waals surface area contributed by atoms with Crippen LogP contribution in [-0.2, 0) is 6.54 Å². The minimum Gasteiger partial charge on any atom is -0.348 e. The average molecular weight is 139 g/mol. The lowest BCUT2D eigenvalue weighted by Gasteiger charge is -1.84. The highest BCUT2D eigenvalue weighted by Crippen LogP contribution is 2.18. The quantitative estimate of drug-likeness (QED) is 0.570. The summed E-state index contributed by atoms with van der Waals surface area (Å²) in [6.07, 6.45) is 0. The Morgan fingerprint density at radius 2 is 2.44 bits per heavy atom. The Labute approximate surface area is 56.5 Å². The molecule has 0 bridgehead atoms. The van der Waals surface area contributed by atoms with Gasteiger partial charge in [-0.25, -0.2) is 0 Å². The molecule has 1 N–H and O–H groups in total. The third kappa shape index (κ3) is 0.580. The van der Waals surface area contributed by atoms with E-state index in [4.69, 9.17) is 0 Å². The number of amides is 1. The molecule has 46 valence electrons. The first-order chi connectivity index (χ1) is 4.38. The van der Waals surface area contributed by atoms with Gasteiger partial charge in [0.05, 0.1) is 5.56 Å². The van der Waals surface area contributed by atoms with Crippen LogP contribution in [0.3, 0.4) is 0 Å². The van der Waals surface area contributed by atoms with Gasteiger partial charge in [0, 0.05) is 11.9 Å². The van der Waals surface area contributed by atoms with Crippen molar-refractivity contribution in [2.24, 2.45) is 0 Å². The molecule has 1 aliphatic heterocycles. The van der Waals surface area contributed by atoms with E-state index in [9.17, 15) is 4.79 Å². The van der Waals surface area contributed by atoms with E-state index in [2.05, 4.69) is 5.32 Å². The minimum atomic E-state index is 0.0752. The lowest BCUT2D eigenvalue weighted by molar-refractivity contribution is 0.0966. The molecule has 1 aromatic heterocycles. The predicted molar refractivity (Wildman–Crippen MR) is 35.5 cm³/mol. The largest absolute Gasteiger partial charge is 0.348 e. The smallest absolute Gasteiger partial charge is 0.252 e. The van der Waals surface area contributed by atoms with E-state index in [1.54, 1.807) is 11.3 Å². The first-order valence-corrected chi connectivity index (χ1v) is 3.65. The second-order valence-corrected chi connectivity index (χ2v) is 2.74. The molecule has 0 unspecified atom stereocenters. The average Bonchev–Trinajstić information content (AvgIpc) is 2.35. The lowest BCUT2D eigenvalue weighted by atomic mass is 10.2. The van der Waals surface area contributed by atoms with Crippen LogP contribution < -0.4 is 5.32 Å². The van der Waals surface area contributed by atoms with Crippen LogP contribution in [0.1, 0.15) is 15.9 Å². The molecule has 0 aliphatic carbocycles. The van der Waals surface area contributed by atoms with Gasteiger partial charge < -0.3 is 5.32 Å². The molecule has 1 amide bonds. The van der Waals surface area contributed by atoms with Crippen molar-refractivity contribution in [1.82, 2.24) is 5.32 Å². The van der Waals surface area contributed by atoms with E-state index in [1.165, 1.54) is 0 Å². The summed E-state index contributed by atoms with van der Waals surface area (Å²) in [7, 11) is 0. The van der Waals surface area contributed by atoms with Gasteiger partial charge in [0.2, 0.25) is 0 Å². The number of carbonyl (C=O) groups is 1. The molecule has 0 atom stereocenters. The fourth-order valence-electron chi connectivity index (χ4n) is 0.930. The van der Waals surface area contributed by atoms with Crippen molar-refractivity contribution >= 4 is 17.2 Å². The predicted octanol–water partition coefficient (Wildman–Crippen LogP) is 0.992.